The number of aryl methyl sites for hydroxylation is 1. The summed E-state index contributed by atoms with van der Waals surface area (Å²) in [5.74, 6) is -0.0893. The second kappa shape index (κ2) is 5.47. The molecular weight excluding hydrogens is 224 g/mol. The molecule has 0 saturated heterocycles. The highest BCUT2D eigenvalue weighted by molar-refractivity contribution is 6.05. The van der Waals surface area contributed by atoms with Gasteiger partial charge in [0.05, 0.1) is 0 Å². The lowest BCUT2D eigenvalue weighted by Gasteiger charge is -2.08. The van der Waals surface area contributed by atoms with Gasteiger partial charge < -0.3 is 11.1 Å². The van der Waals surface area contributed by atoms with Crippen LogP contribution >= 0.6 is 0 Å². The third-order valence-corrected chi connectivity index (χ3v) is 2.84. The predicted octanol–water partition coefficient (Wildman–Crippen LogP) is 2.71. The number of anilines is 1. The molecule has 0 bridgehead atoms. The van der Waals surface area contributed by atoms with Crippen molar-refractivity contribution in [1.29, 1.82) is 0 Å². The number of hydrogen-bond donors (Lipinski definition) is 2. The molecule has 3 heteroatoms. The summed E-state index contributed by atoms with van der Waals surface area (Å²) < 4.78 is 0. The maximum Gasteiger partial charge on any atom is 0.255 e. The molecule has 3 nitrogen and oxygen atoms in total. The molecule has 0 fully saturated rings. The van der Waals surface area contributed by atoms with Crippen LogP contribution in [-0.2, 0) is 6.54 Å². The molecular formula is C15H16N2O. The summed E-state index contributed by atoms with van der Waals surface area (Å²) in [6.45, 7) is 2.43. The average Bonchev–Trinajstić information content (AvgIpc) is 2.40. The first-order valence-corrected chi connectivity index (χ1v) is 5.86. The fraction of sp³-hybridized carbons (Fsp3) is 0.133. The Hall–Kier alpha value is -2.13. The quantitative estimate of drug-likeness (QED) is 0.866. The second-order valence-corrected chi connectivity index (χ2v) is 4.17. The Morgan fingerprint density at radius 3 is 2.39 bits per heavy atom. The lowest BCUT2D eigenvalue weighted by molar-refractivity contribution is 0.102. The Morgan fingerprint density at radius 2 is 1.78 bits per heavy atom. The van der Waals surface area contributed by atoms with Crippen LogP contribution in [0.2, 0.25) is 0 Å². The summed E-state index contributed by atoms with van der Waals surface area (Å²) in [4.78, 5) is 12.1. The van der Waals surface area contributed by atoms with Gasteiger partial charge in [-0.1, -0.05) is 30.3 Å². The summed E-state index contributed by atoms with van der Waals surface area (Å²) in [6, 6.07) is 15.1. The first kappa shape index (κ1) is 12.3. The van der Waals surface area contributed by atoms with Crippen LogP contribution in [0, 0.1) is 6.92 Å². The molecule has 2 aromatic carbocycles. The Morgan fingerprint density at radius 1 is 1.11 bits per heavy atom. The van der Waals surface area contributed by atoms with Gasteiger partial charge in [-0.05, 0) is 36.2 Å². The number of carbonyl (C=O) groups excluding carboxylic acids is 1. The molecule has 0 atom stereocenters. The van der Waals surface area contributed by atoms with E-state index < -0.39 is 0 Å². The minimum atomic E-state index is -0.0893. The Kier molecular flexibility index (Phi) is 3.75. The maximum atomic E-state index is 12.1. The van der Waals surface area contributed by atoms with Crippen molar-refractivity contribution in [2.45, 2.75) is 13.5 Å². The van der Waals surface area contributed by atoms with E-state index in [-0.39, 0.29) is 5.91 Å². The van der Waals surface area contributed by atoms with Gasteiger partial charge in [-0.15, -0.1) is 0 Å². The lowest BCUT2D eigenvalue weighted by Crippen LogP contribution is -2.13. The van der Waals surface area contributed by atoms with Gasteiger partial charge in [0.15, 0.2) is 0 Å². The van der Waals surface area contributed by atoms with Gasteiger partial charge in [0.1, 0.15) is 0 Å². The number of benzene rings is 2. The van der Waals surface area contributed by atoms with E-state index in [0.29, 0.717) is 12.1 Å². The molecule has 2 aromatic rings. The van der Waals surface area contributed by atoms with Crippen molar-refractivity contribution in [3.63, 3.8) is 0 Å². The van der Waals surface area contributed by atoms with Crippen LogP contribution in [0.15, 0.2) is 48.5 Å². The van der Waals surface area contributed by atoms with Crippen molar-refractivity contribution < 1.29 is 4.79 Å². The molecule has 3 N–H and O–H groups in total. The summed E-state index contributed by atoms with van der Waals surface area (Å²) in [7, 11) is 0. The van der Waals surface area contributed by atoms with Crippen molar-refractivity contribution >= 4 is 11.6 Å². The van der Waals surface area contributed by atoms with Crippen molar-refractivity contribution in [1.82, 2.24) is 0 Å². The summed E-state index contributed by atoms with van der Waals surface area (Å²) >= 11 is 0. The lowest BCUT2D eigenvalue weighted by atomic mass is 10.1. The highest BCUT2D eigenvalue weighted by atomic mass is 16.1. The van der Waals surface area contributed by atoms with Crippen molar-refractivity contribution in [2.24, 2.45) is 5.73 Å². The zero-order valence-electron chi connectivity index (χ0n) is 10.3. The van der Waals surface area contributed by atoms with Crippen molar-refractivity contribution in [3.8, 4) is 0 Å². The zero-order chi connectivity index (χ0) is 13.0. The topological polar surface area (TPSA) is 55.1 Å². The standard InChI is InChI=1S/C15H16N2O/c1-11-4-2-3-5-14(11)15(18)17-13-8-6-12(10-16)7-9-13/h2-9H,10,16H2,1H3,(H,17,18). The maximum absolute atomic E-state index is 12.1. The first-order valence-electron chi connectivity index (χ1n) is 5.86. The number of rotatable bonds is 3. The zero-order valence-corrected chi connectivity index (χ0v) is 10.3. The monoisotopic (exact) mass is 240 g/mol. The molecule has 18 heavy (non-hydrogen) atoms. The van der Waals surface area contributed by atoms with Crippen LogP contribution in [0.5, 0.6) is 0 Å². The number of nitrogens with two attached hydrogens (primary N) is 1. The molecule has 2 rings (SSSR count). The van der Waals surface area contributed by atoms with Gasteiger partial charge in [-0.25, -0.2) is 0 Å². The van der Waals surface area contributed by atoms with Gasteiger partial charge in [0.2, 0.25) is 0 Å². The minimum Gasteiger partial charge on any atom is -0.326 e. The van der Waals surface area contributed by atoms with E-state index in [9.17, 15) is 4.79 Å². The highest BCUT2D eigenvalue weighted by Crippen LogP contribution is 2.13. The second-order valence-electron chi connectivity index (χ2n) is 4.17. The SMILES string of the molecule is Cc1ccccc1C(=O)Nc1ccc(CN)cc1. The fourth-order valence-electron chi connectivity index (χ4n) is 1.75. The van der Waals surface area contributed by atoms with E-state index in [1.807, 2.05) is 55.5 Å². The van der Waals surface area contributed by atoms with Crippen molar-refractivity contribution in [3.05, 3.63) is 65.2 Å². The largest absolute Gasteiger partial charge is 0.326 e. The highest BCUT2D eigenvalue weighted by Gasteiger charge is 2.07. The molecule has 0 aliphatic heterocycles. The van der Waals surface area contributed by atoms with E-state index >= 15 is 0 Å². The van der Waals surface area contributed by atoms with Crippen LogP contribution in [-0.4, -0.2) is 5.91 Å². The Labute approximate surface area is 107 Å². The molecule has 0 heterocycles. The molecule has 0 radical (unpaired) electrons. The van der Waals surface area contributed by atoms with Crippen LogP contribution in [0.3, 0.4) is 0 Å². The molecule has 0 saturated carbocycles. The summed E-state index contributed by atoms with van der Waals surface area (Å²) in [5, 5.41) is 2.87. The fourth-order valence-corrected chi connectivity index (χ4v) is 1.75. The third-order valence-electron chi connectivity index (χ3n) is 2.84. The molecule has 92 valence electrons. The Bertz CT molecular complexity index is 547. The first-order chi connectivity index (χ1) is 8.70. The molecule has 0 aliphatic carbocycles. The van der Waals surface area contributed by atoms with E-state index in [0.717, 1.165) is 16.8 Å². The van der Waals surface area contributed by atoms with Gasteiger partial charge in [-0.3, -0.25) is 4.79 Å². The van der Waals surface area contributed by atoms with E-state index in [1.165, 1.54) is 0 Å². The minimum absolute atomic E-state index is 0.0893. The Balaban J connectivity index is 2.14. The average molecular weight is 240 g/mol. The number of amides is 1. The van der Waals surface area contributed by atoms with Crippen LogP contribution < -0.4 is 11.1 Å². The van der Waals surface area contributed by atoms with Crippen LogP contribution in [0.25, 0.3) is 0 Å². The molecule has 0 aliphatic rings. The number of nitrogens with one attached hydrogen (secondary N) is 1. The summed E-state index contributed by atoms with van der Waals surface area (Å²) in [5.41, 5.74) is 9.01. The normalized spacial score (nSPS) is 10.1. The van der Waals surface area contributed by atoms with Gasteiger partial charge in [-0.2, -0.15) is 0 Å². The number of hydrogen-bond acceptors (Lipinski definition) is 2. The molecule has 0 spiro atoms. The smallest absolute Gasteiger partial charge is 0.255 e. The van der Waals surface area contributed by atoms with E-state index in [4.69, 9.17) is 5.73 Å². The van der Waals surface area contributed by atoms with Crippen LogP contribution in [0.1, 0.15) is 21.5 Å². The number of carbonyl (C=O) groups is 1. The predicted molar refractivity (Wildman–Crippen MR) is 73.5 cm³/mol. The van der Waals surface area contributed by atoms with E-state index in [1.54, 1.807) is 0 Å². The van der Waals surface area contributed by atoms with Gasteiger partial charge in [0, 0.05) is 17.8 Å². The molecule has 1 amide bonds. The summed E-state index contributed by atoms with van der Waals surface area (Å²) in [6.07, 6.45) is 0. The van der Waals surface area contributed by atoms with Crippen molar-refractivity contribution in [2.75, 3.05) is 5.32 Å². The third kappa shape index (κ3) is 2.76. The van der Waals surface area contributed by atoms with Crippen LogP contribution in [0.4, 0.5) is 5.69 Å². The molecule has 0 unspecified atom stereocenters. The molecule has 0 aromatic heterocycles. The van der Waals surface area contributed by atoms with E-state index in [2.05, 4.69) is 5.32 Å². The van der Waals surface area contributed by atoms with Gasteiger partial charge >= 0.3 is 0 Å². The van der Waals surface area contributed by atoms with Gasteiger partial charge in [0.25, 0.3) is 5.91 Å².